The zero-order valence-corrected chi connectivity index (χ0v) is 23.4. The maximum absolute atomic E-state index is 13.2. The molecule has 8 nitrogen and oxygen atoms in total. The van der Waals surface area contributed by atoms with E-state index in [0.717, 1.165) is 43.7 Å². The molecule has 0 saturated carbocycles. The maximum atomic E-state index is 13.2. The molecule has 0 unspecified atom stereocenters. The van der Waals surface area contributed by atoms with Crippen molar-refractivity contribution in [1.82, 2.24) is 19.8 Å². The van der Waals surface area contributed by atoms with Crippen LogP contribution in [0.4, 0.5) is 10.6 Å². The quantitative estimate of drug-likeness (QED) is 0.323. The first-order valence-electron chi connectivity index (χ1n) is 13.8. The normalized spacial score (nSPS) is 14.7. The Morgan fingerprint density at radius 3 is 2.40 bits per heavy atom. The zero-order valence-electron chi connectivity index (χ0n) is 23.4. The lowest BCUT2D eigenvalue weighted by atomic mass is 10.0. The maximum Gasteiger partial charge on any atom is 0.407 e. The first-order valence-corrected chi connectivity index (χ1v) is 13.8. The van der Waals surface area contributed by atoms with Gasteiger partial charge in [-0.1, -0.05) is 48.5 Å². The number of amides is 1. The van der Waals surface area contributed by atoms with Crippen LogP contribution in [-0.2, 0) is 17.8 Å². The third-order valence-electron chi connectivity index (χ3n) is 7.04. The number of fused-ring (bicyclic) bond motifs is 1. The highest BCUT2D eigenvalue weighted by Gasteiger charge is 2.21. The van der Waals surface area contributed by atoms with Crippen molar-refractivity contribution >= 4 is 22.7 Å². The Bertz CT molecular complexity index is 1520. The molecule has 2 N–H and O–H groups in total. The van der Waals surface area contributed by atoms with Crippen LogP contribution in [0, 0.1) is 0 Å². The van der Waals surface area contributed by atoms with E-state index in [4.69, 9.17) is 4.74 Å². The average Bonchev–Trinajstić information content (AvgIpc) is 2.93. The third-order valence-corrected chi connectivity index (χ3v) is 7.04. The van der Waals surface area contributed by atoms with E-state index in [2.05, 4.69) is 63.0 Å². The summed E-state index contributed by atoms with van der Waals surface area (Å²) >= 11 is 0. The monoisotopic (exact) mass is 539 g/mol. The average molecular weight is 540 g/mol. The highest BCUT2D eigenvalue weighted by Crippen LogP contribution is 2.20. The van der Waals surface area contributed by atoms with Crippen molar-refractivity contribution in [1.29, 1.82) is 0 Å². The van der Waals surface area contributed by atoms with Gasteiger partial charge in [-0.05, 0) is 73.7 Å². The number of carbonyl (C=O) groups is 1. The Kier molecular flexibility index (Phi) is 8.16. The van der Waals surface area contributed by atoms with Crippen LogP contribution in [-0.4, -0.2) is 45.3 Å². The van der Waals surface area contributed by atoms with Gasteiger partial charge in [-0.15, -0.1) is 0 Å². The summed E-state index contributed by atoms with van der Waals surface area (Å²) in [7, 11) is 0. The molecule has 0 spiro atoms. The molecule has 0 bridgehead atoms. The molecule has 0 radical (unpaired) electrons. The first kappa shape index (κ1) is 27.4. The summed E-state index contributed by atoms with van der Waals surface area (Å²) in [5, 5.41) is 8.69. The van der Waals surface area contributed by atoms with Gasteiger partial charge in [0.2, 0.25) is 0 Å². The second-order valence-corrected chi connectivity index (χ2v) is 11.3. The van der Waals surface area contributed by atoms with Crippen LogP contribution < -0.4 is 16.2 Å². The number of alkyl carbamates (subject to hydrolysis) is 1. The van der Waals surface area contributed by atoms with Crippen LogP contribution in [0.1, 0.15) is 44.7 Å². The molecule has 4 aromatic rings. The molecule has 0 atom stereocenters. The van der Waals surface area contributed by atoms with Crippen molar-refractivity contribution < 1.29 is 9.53 Å². The highest BCUT2D eigenvalue weighted by atomic mass is 16.6. The summed E-state index contributed by atoms with van der Waals surface area (Å²) < 4.78 is 6.87. The Balaban J connectivity index is 1.15. The summed E-state index contributed by atoms with van der Waals surface area (Å²) in [6, 6.07) is 22.8. The van der Waals surface area contributed by atoms with Crippen LogP contribution in [0.2, 0.25) is 0 Å². The summed E-state index contributed by atoms with van der Waals surface area (Å²) in [5.41, 5.74) is 2.24. The molecule has 40 heavy (non-hydrogen) atoms. The van der Waals surface area contributed by atoms with Crippen molar-refractivity contribution in [3.63, 3.8) is 0 Å². The first-order chi connectivity index (χ1) is 19.2. The predicted molar refractivity (Wildman–Crippen MR) is 159 cm³/mol. The van der Waals surface area contributed by atoms with Gasteiger partial charge in [-0.2, -0.15) is 0 Å². The molecule has 1 aliphatic heterocycles. The molecule has 5 rings (SSSR count). The SMILES string of the molecule is CC(C)(C)OC(=O)NCc1ccc(-n2ccnc(NC3CCN(Cc4ccc5ccccc5c4)CC3)c2=O)cc1. The number of rotatable bonds is 7. The van der Waals surface area contributed by atoms with Gasteiger partial charge < -0.3 is 15.4 Å². The third kappa shape index (κ3) is 7.07. The van der Waals surface area contributed by atoms with Crippen molar-refractivity contribution in [3.8, 4) is 5.69 Å². The van der Waals surface area contributed by atoms with Crippen LogP contribution in [0.15, 0.2) is 83.9 Å². The number of hydrogen-bond donors (Lipinski definition) is 2. The molecule has 1 aliphatic rings. The minimum Gasteiger partial charge on any atom is -0.444 e. The molecule has 3 aromatic carbocycles. The van der Waals surface area contributed by atoms with E-state index >= 15 is 0 Å². The van der Waals surface area contributed by atoms with Gasteiger partial charge in [-0.3, -0.25) is 14.3 Å². The van der Waals surface area contributed by atoms with Crippen molar-refractivity contribution in [2.24, 2.45) is 0 Å². The fourth-order valence-corrected chi connectivity index (χ4v) is 5.00. The number of nitrogens with zero attached hydrogens (tertiary/aromatic N) is 3. The van der Waals surface area contributed by atoms with Crippen LogP contribution in [0.3, 0.4) is 0 Å². The molecule has 1 fully saturated rings. The highest BCUT2D eigenvalue weighted by molar-refractivity contribution is 5.83. The lowest BCUT2D eigenvalue weighted by molar-refractivity contribution is 0.0523. The van der Waals surface area contributed by atoms with Crippen LogP contribution in [0.5, 0.6) is 0 Å². The smallest absolute Gasteiger partial charge is 0.407 e. The van der Waals surface area contributed by atoms with Crippen molar-refractivity contribution in [2.45, 2.75) is 58.3 Å². The minimum absolute atomic E-state index is 0.180. The number of hydrogen-bond acceptors (Lipinski definition) is 6. The van der Waals surface area contributed by atoms with Crippen LogP contribution >= 0.6 is 0 Å². The Morgan fingerprint density at radius 2 is 1.68 bits per heavy atom. The molecular formula is C32H37N5O3. The minimum atomic E-state index is -0.545. The van der Waals surface area contributed by atoms with E-state index in [-0.39, 0.29) is 11.6 Å². The Morgan fingerprint density at radius 1 is 0.975 bits per heavy atom. The number of piperidine rings is 1. The van der Waals surface area contributed by atoms with Crippen LogP contribution in [0.25, 0.3) is 16.5 Å². The number of carbonyl (C=O) groups excluding carboxylic acids is 1. The van der Waals surface area contributed by atoms with E-state index < -0.39 is 11.7 Å². The summed E-state index contributed by atoms with van der Waals surface area (Å²) in [6.07, 6.45) is 4.76. The van der Waals surface area contributed by atoms with Crippen molar-refractivity contribution in [3.05, 3.63) is 101 Å². The molecule has 2 heterocycles. The second kappa shape index (κ2) is 11.9. The van der Waals surface area contributed by atoms with E-state index in [9.17, 15) is 9.59 Å². The van der Waals surface area contributed by atoms with E-state index in [1.807, 2.05) is 45.0 Å². The lowest BCUT2D eigenvalue weighted by Gasteiger charge is -2.32. The Hall–Kier alpha value is -4.17. The summed E-state index contributed by atoms with van der Waals surface area (Å²) in [6.45, 7) is 8.67. The standard InChI is InChI=1S/C32H37N5O3/c1-32(2,3)40-31(39)34-21-23-9-12-28(13-10-23)37-19-16-33-29(30(37)38)35-27-14-17-36(18-15-27)22-24-8-11-25-6-4-5-7-26(25)20-24/h4-13,16,19-20,27H,14-15,17-18,21-22H2,1-3H3,(H,33,35)(H,34,39). The molecular weight excluding hydrogens is 502 g/mol. The topological polar surface area (TPSA) is 88.5 Å². The van der Waals surface area contributed by atoms with Gasteiger partial charge in [0, 0.05) is 50.3 Å². The summed E-state index contributed by atoms with van der Waals surface area (Å²) in [4.78, 5) is 32.0. The van der Waals surface area contributed by atoms with Gasteiger partial charge in [-0.25, -0.2) is 9.78 Å². The molecule has 208 valence electrons. The summed E-state index contributed by atoms with van der Waals surface area (Å²) in [5.74, 6) is 0.367. The van der Waals surface area contributed by atoms with Gasteiger partial charge in [0.25, 0.3) is 5.56 Å². The fraction of sp³-hybridized carbons (Fsp3) is 0.344. The largest absolute Gasteiger partial charge is 0.444 e. The molecule has 0 aliphatic carbocycles. The molecule has 1 aromatic heterocycles. The van der Waals surface area contributed by atoms with E-state index in [1.54, 1.807) is 17.0 Å². The number of nitrogens with one attached hydrogen (secondary N) is 2. The van der Waals surface area contributed by atoms with Gasteiger partial charge in [0.05, 0.1) is 0 Å². The number of ether oxygens (including phenoxy) is 1. The van der Waals surface area contributed by atoms with E-state index in [1.165, 1.54) is 16.3 Å². The van der Waals surface area contributed by atoms with E-state index in [0.29, 0.717) is 12.4 Å². The number of anilines is 1. The molecule has 1 amide bonds. The van der Waals surface area contributed by atoms with Gasteiger partial charge in [0.1, 0.15) is 5.60 Å². The lowest BCUT2D eigenvalue weighted by Crippen LogP contribution is -2.40. The molecule has 1 saturated heterocycles. The van der Waals surface area contributed by atoms with Gasteiger partial charge >= 0.3 is 6.09 Å². The predicted octanol–water partition coefficient (Wildman–Crippen LogP) is 5.49. The number of benzene rings is 3. The zero-order chi connectivity index (χ0) is 28.1. The van der Waals surface area contributed by atoms with Gasteiger partial charge in [0.15, 0.2) is 5.82 Å². The number of aromatic nitrogens is 2. The Labute approximate surface area is 235 Å². The van der Waals surface area contributed by atoms with Crippen molar-refractivity contribution in [2.75, 3.05) is 18.4 Å². The number of likely N-dealkylation sites (tertiary alicyclic amines) is 1. The second-order valence-electron chi connectivity index (χ2n) is 11.3. The fourth-order valence-electron chi connectivity index (χ4n) is 5.00. The molecule has 8 heteroatoms.